The van der Waals surface area contributed by atoms with Crippen LogP contribution in [0.4, 0.5) is 0 Å². The highest BCUT2D eigenvalue weighted by molar-refractivity contribution is 6.32. The SMILES string of the molecule is Bc1ccc(/C(C)=N\N=C(C)C)cc1. The minimum Gasteiger partial charge on any atom is -0.160 e. The smallest absolute Gasteiger partial charge is 0.139 e. The molecule has 1 rings (SSSR count). The standard InChI is InChI=1S/C11H15BN2/c1-8(2)13-14-9(3)10-4-6-11(12)7-5-10/h4-7H,12H2,1-3H3/b14-9-. The Bertz CT molecular complexity index is 359. The number of benzene rings is 1. The molecule has 1 aromatic rings. The van der Waals surface area contributed by atoms with Crippen molar-refractivity contribution < 1.29 is 0 Å². The molecule has 0 unspecified atom stereocenters. The molecule has 0 aliphatic heterocycles. The topological polar surface area (TPSA) is 24.7 Å². The van der Waals surface area contributed by atoms with Gasteiger partial charge in [-0.3, -0.25) is 0 Å². The molecule has 0 saturated heterocycles. The van der Waals surface area contributed by atoms with Crippen LogP contribution in [0.5, 0.6) is 0 Å². The van der Waals surface area contributed by atoms with Gasteiger partial charge in [0.05, 0.1) is 5.71 Å². The fourth-order valence-corrected chi connectivity index (χ4v) is 1.03. The monoisotopic (exact) mass is 186 g/mol. The van der Waals surface area contributed by atoms with Gasteiger partial charge in [0.25, 0.3) is 0 Å². The van der Waals surface area contributed by atoms with E-state index < -0.39 is 0 Å². The molecule has 0 heterocycles. The largest absolute Gasteiger partial charge is 0.160 e. The minimum atomic E-state index is 0.950. The van der Waals surface area contributed by atoms with Crippen LogP contribution in [0, 0.1) is 0 Å². The van der Waals surface area contributed by atoms with Crippen LogP contribution in [0.2, 0.25) is 0 Å². The summed E-state index contributed by atoms with van der Waals surface area (Å²) in [5, 5.41) is 8.16. The molecule has 0 bridgehead atoms. The lowest BCUT2D eigenvalue weighted by Crippen LogP contribution is -2.03. The molecule has 14 heavy (non-hydrogen) atoms. The van der Waals surface area contributed by atoms with Crippen LogP contribution in [0.1, 0.15) is 26.3 Å². The summed E-state index contributed by atoms with van der Waals surface area (Å²) >= 11 is 0. The van der Waals surface area contributed by atoms with E-state index in [-0.39, 0.29) is 0 Å². The third-order valence-corrected chi connectivity index (χ3v) is 1.87. The Morgan fingerprint density at radius 1 is 1.00 bits per heavy atom. The molecule has 3 heteroatoms. The van der Waals surface area contributed by atoms with E-state index in [0.29, 0.717) is 0 Å². The average molecular weight is 186 g/mol. The van der Waals surface area contributed by atoms with Crippen LogP contribution < -0.4 is 5.46 Å². The zero-order valence-corrected chi connectivity index (χ0v) is 9.20. The van der Waals surface area contributed by atoms with Gasteiger partial charge < -0.3 is 0 Å². The van der Waals surface area contributed by atoms with Crippen molar-refractivity contribution in [2.75, 3.05) is 0 Å². The number of rotatable bonds is 2. The Balaban J connectivity index is 2.89. The molecule has 1 aromatic carbocycles. The fraction of sp³-hybridized carbons (Fsp3) is 0.273. The summed E-state index contributed by atoms with van der Waals surface area (Å²) < 4.78 is 0. The van der Waals surface area contributed by atoms with Gasteiger partial charge in [-0.05, 0) is 26.3 Å². The summed E-state index contributed by atoms with van der Waals surface area (Å²) in [6.45, 7) is 5.84. The van der Waals surface area contributed by atoms with Crippen molar-refractivity contribution in [3.8, 4) is 0 Å². The molecule has 0 radical (unpaired) electrons. The molecule has 0 amide bonds. The maximum absolute atomic E-state index is 4.13. The van der Waals surface area contributed by atoms with Crippen LogP contribution in [0.3, 0.4) is 0 Å². The van der Waals surface area contributed by atoms with Crippen LogP contribution in [-0.4, -0.2) is 19.3 Å². The van der Waals surface area contributed by atoms with E-state index in [0.717, 1.165) is 17.0 Å². The summed E-state index contributed by atoms with van der Waals surface area (Å²) in [6, 6.07) is 8.29. The van der Waals surface area contributed by atoms with Crippen molar-refractivity contribution in [2.24, 2.45) is 10.2 Å². The Labute approximate surface area is 86.2 Å². The highest BCUT2D eigenvalue weighted by atomic mass is 15.2. The van der Waals surface area contributed by atoms with Crippen molar-refractivity contribution in [2.45, 2.75) is 20.8 Å². The molecule has 0 saturated carbocycles. The zero-order valence-electron chi connectivity index (χ0n) is 9.20. The summed E-state index contributed by atoms with van der Waals surface area (Å²) in [6.07, 6.45) is 0. The number of nitrogens with zero attached hydrogens (tertiary/aromatic N) is 2. The lowest BCUT2D eigenvalue weighted by molar-refractivity contribution is 1.21. The maximum Gasteiger partial charge on any atom is 0.139 e. The molecule has 0 N–H and O–H groups in total. The Morgan fingerprint density at radius 3 is 2.07 bits per heavy atom. The van der Waals surface area contributed by atoms with Gasteiger partial charge in [0.15, 0.2) is 0 Å². The van der Waals surface area contributed by atoms with Gasteiger partial charge in [0.2, 0.25) is 0 Å². The van der Waals surface area contributed by atoms with Crippen LogP contribution >= 0.6 is 0 Å². The van der Waals surface area contributed by atoms with E-state index >= 15 is 0 Å². The molecule has 0 aliphatic carbocycles. The van der Waals surface area contributed by atoms with Gasteiger partial charge >= 0.3 is 0 Å². The molecular formula is C11H15BN2. The van der Waals surface area contributed by atoms with Gasteiger partial charge in [-0.2, -0.15) is 10.2 Å². The summed E-state index contributed by atoms with van der Waals surface area (Å²) in [7, 11) is 2.07. The quantitative estimate of drug-likeness (QED) is 0.376. The minimum absolute atomic E-state index is 0.950. The first-order valence-electron chi connectivity index (χ1n) is 4.72. The summed E-state index contributed by atoms with van der Waals surface area (Å²) in [4.78, 5) is 0. The second kappa shape index (κ2) is 4.75. The van der Waals surface area contributed by atoms with E-state index in [1.165, 1.54) is 5.46 Å². The maximum atomic E-state index is 4.13. The molecular weight excluding hydrogens is 171 g/mol. The predicted molar refractivity (Wildman–Crippen MR) is 65.6 cm³/mol. The van der Waals surface area contributed by atoms with Crippen LogP contribution in [0.15, 0.2) is 34.5 Å². The third-order valence-electron chi connectivity index (χ3n) is 1.87. The molecule has 72 valence electrons. The van der Waals surface area contributed by atoms with E-state index in [1.54, 1.807) is 0 Å². The average Bonchev–Trinajstić information content (AvgIpc) is 2.15. The number of hydrogen-bond acceptors (Lipinski definition) is 2. The van der Waals surface area contributed by atoms with Gasteiger partial charge in [-0.15, -0.1) is 0 Å². The van der Waals surface area contributed by atoms with E-state index in [4.69, 9.17) is 0 Å². The first-order chi connectivity index (χ1) is 6.59. The normalized spacial score (nSPS) is 11.2. The Kier molecular flexibility index (Phi) is 3.63. The van der Waals surface area contributed by atoms with Crippen LogP contribution in [-0.2, 0) is 0 Å². The fourth-order valence-electron chi connectivity index (χ4n) is 1.03. The zero-order chi connectivity index (χ0) is 10.6. The highest BCUT2D eigenvalue weighted by Crippen LogP contribution is 1.99. The predicted octanol–water partition coefficient (Wildman–Crippen LogP) is 1.15. The van der Waals surface area contributed by atoms with E-state index in [9.17, 15) is 0 Å². The lowest BCUT2D eigenvalue weighted by Gasteiger charge is -1.99. The molecule has 0 aliphatic rings. The van der Waals surface area contributed by atoms with Gasteiger partial charge in [-0.1, -0.05) is 29.7 Å². The van der Waals surface area contributed by atoms with Crippen molar-refractivity contribution >= 4 is 24.7 Å². The molecule has 0 atom stereocenters. The molecule has 0 spiro atoms. The molecule has 0 fully saturated rings. The van der Waals surface area contributed by atoms with Gasteiger partial charge in [-0.25, -0.2) is 0 Å². The molecule has 0 aromatic heterocycles. The van der Waals surface area contributed by atoms with E-state index in [2.05, 4.69) is 42.3 Å². The first-order valence-corrected chi connectivity index (χ1v) is 4.72. The summed E-state index contributed by atoms with van der Waals surface area (Å²) in [5.74, 6) is 0. The first kappa shape index (κ1) is 10.7. The lowest BCUT2D eigenvalue weighted by atomic mass is 9.95. The van der Waals surface area contributed by atoms with E-state index in [1.807, 2.05) is 20.8 Å². The third kappa shape index (κ3) is 3.17. The van der Waals surface area contributed by atoms with Crippen molar-refractivity contribution in [3.05, 3.63) is 29.8 Å². The van der Waals surface area contributed by atoms with Crippen LogP contribution in [0.25, 0.3) is 0 Å². The highest BCUT2D eigenvalue weighted by Gasteiger charge is 1.95. The summed E-state index contributed by atoms with van der Waals surface area (Å²) in [5.41, 5.74) is 4.31. The van der Waals surface area contributed by atoms with Crippen molar-refractivity contribution in [1.82, 2.24) is 0 Å². The van der Waals surface area contributed by atoms with Crippen molar-refractivity contribution in [3.63, 3.8) is 0 Å². The molecule has 2 nitrogen and oxygen atoms in total. The van der Waals surface area contributed by atoms with Gasteiger partial charge in [0, 0.05) is 5.71 Å². The number of hydrogen-bond donors (Lipinski definition) is 0. The Morgan fingerprint density at radius 2 is 1.57 bits per heavy atom. The second-order valence-corrected chi connectivity index (χ2v) is 3.60. The van der Waals surface area contributed by atoms with Crippen molar-refractivity contribution in [1.29, 1.82) is 0 Å². The van der Waals surface area contributed by atoms with Gasteiger partial charge in [0.1, 0.15) is 7.85 Å². The second-order valence-electron chi connectivity index (χ2n) is 3.60. The Hall–Kier alpha value is -1.38.